The number of carbonyl (C=O) groups is 1. The molecule has 338 valence electrons. The highest BCUT2D eigenvalue weighted by Gasteiger charge is 2.53. The number of carbonyl (C=O) groups excluding carboxylic acids is 1. The van der Waals surface area contributed by atoms with Crippen molar-refractivity contribution in [1.29, 1.82) is 0 Å². The SMILES string of the molecule is Cc1ccc(C[C@H](CC(=O)O[C@H]2CO[C@H]3OCC[C@](C)(NCC(C)C)[C@H]32)[C@H](O)CN(CC(C)C)S(=O)(=O)c2ccc3nc(NC4CCC(C5CCCC5)CC4)sc3c2)cc1C. The number of hydrogen-bond donors (Lipinski definition) is 3. The predicted molar refractivity (Wildman–Crippen MR) is 243 cm³/mol. The smallest absolute Gasteiger partial charge is 0.306 e. The monoisotopic (exact) mass is 880 g/mol. The van der Waals surface area contributed by atoms with Crippen LogP contribution in [0, 0.1) is 49.4 Å². The second-order valence-corrected chi connectivity index (χ2v) is 22.9. The van der Waals surface area contributed by atoms with Crippen LogP contribution in [0.2, 0.25) is 0 Å². The molecule has 0 bridgehead atoms. The van der Waals surface area contributed by atoms with Gasteiger partial charge in [-0.3, -0.25) is 4.79 Å². The lowest BCUT2D eigenvalue weighted by Gasteiger charge is -2.44. The Morgan fingerprint density at radius 1 is 0.967 bits per heavy atom. The fourth-order valence-electron chi connectivity index (χ4n) is 10.4. The van der Waals surface area contributed by atoms with E-state index in [9.17, 15) is 18.3 Å². The van der Waals surface area contributed by atoms with E-state index >= 15 is 0 Å². The zero-order valence-corrected chi connectivity index (χ0v) is 39.3. The fraction of sp³-hybridized carbons (Fsp3) is 0.708. The van der Waals surface area contributed by atoms with E-state index in [2.05, 4.69) is 44.4 Å². The molecule has 2 aliphatic carbocycles. The number of anilines is 1. The van der Waals surface area contributed by atoms with Crippen molar-refractivity contribution in [2.24, 2.45) is 35.5 Å². The molecule has 2 aromatic carbocycles. The summed E-state index contributed by atoms with van der Waals surface area (Å²) < 4.78 is 49.6. The number of aliphatic hydroxyl groups is 1. The number of ether oxygens (including phenoxy) is 3. The molecule has 13 heteroatoms. The first-order chi connectivity index (χ1) is 29.1. The topological polar surface area (TPSA) is 139 Å². The third kappa shape index (κ3) is 11.4. The van der Waals surface area contributed by atoms with Gasteiger partial charge in [0, 0.05) is 30.6 Å². The molecule has 3 heterocycles. The third-order valence-corrected chi connectivity index (χ3v) is 16.9. The van der Waals surface area contributed by atoms with Gasteiger partial charge >= 0.3 is 5.97 Å². The number of aliphatic hydroxyl groups excluding tert-OH is 1. The summed E-state index contributed by atoms with van der Waals surface area (Å²) in [6.45, 7) is 16.2. The molecule has 7 rings (SSSR count). The summed E-state index contributed by atoms with van der Waals surface area (Å²) >= 11 is 1.50. The van der Waals surface area contributed by atoms with Crippen molar-refractivity contribution in [3.8, 4) is 0 Å². The van der Waals surface area contributed by atoms with Crippen LogP contribution in [-0.2, 0) is 35.4 Å². The Balaban J connectivity index is 1.06. The molecule has 0 radical (unpaired) electrons. The number of esters is 1. The minimum Gasteiger partial charge on any atom is -0.459 e. The normalized spacial score (nSPS) is 27.2. The minimum atomic E-state index is -4.04. The molecule has 0 unspecified atom stereocenters. The van der Waals surface area contributed by atoms with Gasteiger partial charge in [0.25, 0.3) is 0 Å². The van der Waals surface area contributed by atoms with E-state index < -0.39 is 40.4 Å². The van der Waals surface area contributed by atoms with Gasteiger partial charge in [-0.2, -0.15) is 4.31 Å². The zero-order chi connectivity index (χ0) is 43.5. The van der Waals surface area contributed by atoms with E-state index in [1.165, 1.54) is 54.2 Å². The van der Waals surface area contributed by atoms with Crippen LogP contribution in [0.4, 0.5) is 5.13 Å². The molecule has 0 spiro atoms. The highest BCUT2D eigenvalue weighted by Crippen LogP contribution is 2.42. The Morgan fingerprint density at radius 3 is 2.41 bits per heavy atom. The lowest BCUT2D eigenvalue weighted by Crippen LogP contribution is -2.59. The Bertz CT molecular complexity index is 2040. The number of aryl methyl sites for hydroxylation is 2. The van der Waals surface area contributed by atoms with Gasteiger partial charge in [-0.1, -0.05) is 82.9 Å². The number of thiazole rings is 1. The van der Waals surface area contributed by atoms with Crippen LogP contribution in [0.1, 0.15) is 116 Å². The van der Waals surface area contributed by atoms with Crippen molar-refractivity contribution >= 4 is 42.7 Å². The maximum atomic E-state index is 14.6. The minimum absolute atomic E-state index is 0.0107. The number of nitrogens with zero attached hydrogens (tertiary/aromatic N) is 2. The molecule has 2 saturated carbocycles. The Hall–Kier alpha value is -2.65. The number of aromatic nitrogens is 1. The van der Waals surface area contributed by atoms with Gasteiger partial charge in [0.15, 0.2) is 11.4 Å². The van der Waals surface area contributed by atoms with Gasteiger partial charge in [-0.25, -0.2) is 13.4 Å². The van der Waals surface area contributed by atoms with Crippen molar-refractivity contribution < 1.29 is 32.5 Å². The van der Waals surface area contributed by atoms with Gasteiger partial charge in [0.1, 0.15) is 6.10 Å². The number of hydrogen-bond acceptors (Lipinski definition) is 11. The molecular weight excluding hydrogens is 809 g/mol. The molecule has 6 atom stereocenters. The van der Waals surface area contributed by atoms with Crippen molar-refractivity contribution in [3.63, 3.8) is 0 Å². The van der Waals surface area contributed by atoms with Crippen LogP contribution in [0.25, 0.3) is 10.2 Å². The average molecular weight is 881 g/mol. The number of fused-ring (bicyclic) bond motifs is 2. The summed E-state index contributed by atoms with van der Waals surface area (Å²) in [5, 5.41) is 20.3. The number of benzene rings is 2. The van der Waals surface area contributed by atoms with Gasteiger partial charge in [0.2, 0.25) is 10.0 Å². The van der Waals surface area contributed by atoms with E-state index in [-0.39, 0.29) is 48.4 Å². The highest BCUT2D eigenvalue weighted by atomic mass is 32.2. The van der Waals surface area contributed by atoms with Crippen LogP contribution in [0.3, 0.4) is 0 Å². The maximum absolute atomic E-state index is 14.6. The number of rotatable bonds is 18. The molecule has 4 fully saturated rings. The molecule has 2 saturated heterocycles. The third-order valence-electron chi connectivity index (χ3n) is 14.1. The van der Waals surface area contributed by atoms with Crippen LogP contribution < -0.4 is 10.6 Å². The summed E-state index contributed by atoms with van der Waals surface area (Å²) in [6.07, 6.45) is 9.30. The first-order valence-corrected chi connectivity index (χ1v) is 25.4. The molecule has 4 aliphatic rings. The number of sulfonamides is 1. The second-order valence-electron chi connectivity index (χ2n) is 19.9. The second kappa shape index (κ2) is 20.0. The molecule has 61 heavy (non-hydrogen) atoms. The molecule has 0 amide bonds. The molecule has 11 nitrogen and oxygen atoms in total. The lowest BCUT2D eigenvalue weighted by atomic mass is 9.77. The van der Waals surface area contributed by atoms with Crippen LogP contribution >= 0.6 is 11.3 Å². The molecule has 1 aromatic heterocycles. The van der Waals surface area contributed by atoms with Crippen molar-refractivity contribution in [2.75, 3.05) is 38.2 Å². The van der Waals surface area contributed by atoms with E-state index in [0.717, 1.165) is 69.7 Å². The van der Waals surface area contributed by atoms with Crippen LogP contribution in [0.15, 0.2) is 41.3 Å². The van der Waals surface area contributed by atoms with Crippen molar-refractivity contribution in [3.05, 3.63) is 53.1 Å². The van der Waals surface area contributed by atoms with E-state index in [1.807, 2.05) is 32.9 Å². The molecule has 3 aromatic rings. The number of nitrogens with one attached hydrogen (secondary N) is 2. The summed E-state index contributed by atoms with van der Waals surface area (Å²) in [6, 6.07) is 11.7. The van der Waals surface area contributed by atoms with Crippen LogP contribution in [0.5, 0.6) is 0 Å². The Kier molecular flexibility index (Phi) is 15.2. The maximum Gasteiger partial charge on any atom is 0.306 e. The van der Waals surface area contributed by atoms with Crippen molar-refractivity contribution in [1.82, 2.24) is 14.6 Å². The Labute approximate surface area is 369 Å². The molecule has 2 aliphatic heterocycles. The quantitative estimate of drug-likeness (QED) is 0.107. The van der Waals surface area contributed by atoms with E-state index in [4.69, 9.17) is 19.2 Å². The van der Waals surface area contributed by atoms with E-state index in [0.29, 0.717) is 25.0 Å². The van der Waals surface area contributed by atoms with Crippen LogP contribution in [-0.4, -0.2) is 91.7 Å². The molecular formula is C48H72N4O7S2. The predicted octanol–water partition coefficient (Wildman–Crippen LogP) is 8.64. The first-order valence-electron chi connectivity index (χ1n) is 23.2. The Morgan fingerprint density at radius 2 is 1.70 bits per heavy atom. The summed E-state index contributed by atoms with van der Waals surface area (Å²) in [5.41, 5.74) is 3.66. The van der Waals surface area contributed by atoms with Gasteiger partial charge < -0.3 is 30.0 Å². The largest absolute Gasteiger partial charge is 0.459 e. The summed E-state index contributed by atoms with van der Waals surface area (Å²) in [5.74, 6) is 0.945. The summed E-state index contributed by atoms with van der Waals surface area (Å²) in [4.78, 5) is 19.0. The van der Waals surface area contributed by atoms with Gasteiger partial charge in [0.05, 0.1) is 46.8 Å². The highest BCUT2D eigenvalue weighted by molar-refractivity contribution is 7.89. The lowest BCUT2D eigenvalue weighted by molar-refractivity contribution is -0.180. The standard InChI is InChI=1S/C48H72N4O7S2/c1-30(2)26-49-48(7)20-21-57-46-45(48)42(29-58-46)59-44(54)24-37(23-34-13-12-32(5)33(6)22-34)41(53)28-52(27-31(3)4)61(55,56)39-18-19-40-43(25-39)60-47(51-40)50-38-16-14-36(15-17-38)35-10-8-9-11-35/h12-13,18-19,22,25,30-31,35-38,41-42,45-46,49,53H,8-11,14-17,20-21,23-24,26-29H2,1-7H3,(H,50,51)/t36?,37-,38?,41-,42+,45+,46-,48+/m1/s1. The first kappa shape index (κ1) is 46.3. The van der Waals surface area contributed by atoms with Gasteiger partial charge in [-0.05, 0) is 124 Å². The average Bonchev–Trinajstić information content (AvgIpc) is 3.99. The molecule has 3 N–H and O–H groups in total. The van der Waals surface area contributed by atoms with Crippen molar-refractivity contribution in [2.45, 2.75) is 154 Å². The fourth-order valence-corrected chi connectivity index (χ4v) is 13.1. The summed E-state index contributed by atoms with van der Waals surface area (Å²) in [7, 11) is -4.04. The van der Waals surface area contributed by atoms with Gasteiger partial charge in [-0.15, -0.1) is 0 Å². The zero-order valence-electron chi connectivity index (χ0n) is 37.7. The van der Waals surface area contributed by atoms with E-state index in [1.54, 1.807) is 18.2 Å².